The summed E-state index contributed by atoms with van der Waals surface area (Å²) in [5.74, 6) is -1.23. The van der Waals surface area contributed by atoms with Crippen LogP contribution >= 0.6 is 0 Å². The zero-order chi connectivity index (χ0) is 13.8. The van der Waals surface area contributed by atoms with Crippen molar-refractivity contribution < 1.29 is 19.0 Å². The average Bonchev–Trinajstić information content (AvgIpc) is 2.39. The molecule has 0 aliphatic heterocycles. The van der Waals surface area contributed by atoms with Crippen LogP contribution in [0.15, 0.2) is 42.5 Å². The molecule has 2 aromatic carbocycles. The highest BCUT2D eigenvalue weighted by atomic mass is 19.1. The second-order valence-corrected chi connectivity index (χ2v) is 3.94. The van der Waals surface area contributed by atoms with Crippen molar-refractivity contribution in [1.82, 2.24) is 0 Å². The molecular weight excluding hydrogens is 249 g/mol. The van der Waals surface area contributed by atoms with Crippen molar-refractivity contribution in [1.29, 1.82) is 0 Å². The first-order valence-corrected chi connectivity index (χ1v) is 5.57. The predicted molar refractivity (Wildman–Crippen MR) is 68.5 cm³/mol. The minimum absolute atomic E-state index is 0.0139. The van der Waals surface area contributed by atoms with Crippen molar-refractivity contribution in [3.05, 3.63) is 59.4 Å². The summed E-state index contributed by atoms with van der Waals surface area (Å²) < 4.78 is 18.8. The number of carboxylic acids is 1. The third-order valence-electron chi connectivity index (χ3n) is 2.60. The van der Waals surface area contributed by atoms with Crippen LogP contribution in [-0.4, -0.2) is 11.1 Å². The van der Waals surface area contributed by atoms with Gasteiger partial charge in [-0.3, -0.25) is 0 Å². The second-order valence-electron chi connectivity index (χ2n) is 3.94. The van der Waals surface area contributed by atoms with Crippen molar-refractivity contribution in [3.8, 4) is 5.75 Å². The number of benzene rings is 2. The third kappa shape index (κ3) is 3.01. The number of carboxylic acid groups (broad SMARTS) is 1. The summed E-state index contributed by atoms with van der Waals surface area (Å²) in [7, 11) is 0. The Morgan fingerprint density at radius 3 is 2.68 bits per heavy atom. The first kappa shape index (κ1) is 12.9. The van der Waals surface area contributed by atoms with Gasteiger partial charge in [0.1, 0.15) is 18.2 Å². The van der Waals surface area contributed by atoms with Crippen LogP contribution in [-0.2, 0) is 6.61 Å². The number of ether oxygens (including phenoxy) is 1. The molecule has 0 atom stereocenters. The van der Waals surface area contributed by atoms with E-state index in [1.165, 1.54) is 24.3 Å². The largest absolute Gasteiger partial charge is 0.487 e. The minimum atomic E-state index is -1.07. The summed E-state index contributed by atoms with van der Waals surface area (Å²) in [6, 6.07) is 10.3. The molecule has 0 aliphatic rings. The van der Waals surface area contributed by atoms with E-state index in [4.69, 9.17) is 15.6 Å². The average molecular weight is 261 g/mol. The Kier molecular flexibility index (Phi) is 3.66. The van der Waals surface area contributed by atoms with Crippen LogP contribution < -0.4 is 10.5 Å². The molecule has 5 heteroatoms. The normalized spacial score (nSPS) is 10.2. The van der Waals surface area contributed by atoms with E-state index >= 15 is 0 Å². The van der Waals surface area contributed by atoms with E-state index in [9.17, 15) is 9.18 Å². The number of hydrogen-bond donors (Lipinski definition) is 2. The maximum Gasteiger partial charge on any atom is 0.335 e. The molecule has 0 fully saturated rings. The first-order valence-electron chi connectivity index (χ1n) is 5.57. The summed E-state index contributed by atoms with van der Waals surface area (Å²) >= 11 is 0. The third-order valence-corrected chi connectivity index (χ3v) is 2.60. The fraction of sp³-hybridized carbons (Fsp3) is 0.0714. The fourth-order valence-electron chi connectivity index (χ4n) is 1.56. The number of rotatable bonds is 4. The highest BCUT2D eigenvalue weighted by Crippen LogP contribution is 2.24. The van der Waals surface area contributed by atoms with Crippen LogP contribution in [0.5, 0.6) is 5.75 Å². The van der Waals surface area contributed by atoms with E-state index in [1.807, 2.05) is 0 Å². The fourth-order valence-corrected chi connectivity index (χ4v) is 1.56. The van der Waals surface area contributed by atoms with Crippen molar-refractivity contribution in [2.24, 2.45) is 0 Å². The molecule has 2 aromatic rings. The molecular formula is C14H12FNO3. The van der Waals surface area contributed by atoms with E-state index in [0.29, 0.717) is 11.3 Å². The standard InChI is InChI=1S/C14H12FNO3/c15-11-4-2-1-3-10(11)8-19-13-7-9(14(17)18)5-6-12(13)16/h1-7H,8,16H2,(H,17,18). The summed E-state index contributed by atoms with van der Waals surface area (Å²) in [6.45, 7) is -0.0139. The number of carbonyl (C=O) groups is 1. The topological polar surface area (TPSA) is 72.6 Å². The Morgan fingerprint density at radius 2 is 2.00 bits per heavy atom. The van der Waals surface area contributed by atoms with Gasteiger partial charge < -0.3 is 15.6 Å². The molecule has 0 saturated heterocycles. The lowest BCUT2D eigenvalue weighted by molar-refractivity contribution is 0.0696. The van der Waals surface area contributed by atoms with E-state index in [1.54, 1.807) is 18.2 Å². The van der Waals surface area contributed by atoms with Crippen molar-refractivity contribution >= 4 is 11.7 Å². The number of nitrogens with two attached hydrogens (primary N) is 1. The highest BCUT2D eigenvalue weighted by molar-refractivity contribution is 5.89. The van der Waals surface area contributed by atoms with Crippen LogP contribution in [0.1, 0.15) is 15.9 Å². The van der Waals surface area contributed by atoms with Gasteiger partial charge in [0.05, 0.1) is 11.3 Å². The lowest BCUT2D eigenvalue weighted by Gasteiger charge is -2.10. The Bertz CT molecular complexity index is 613. The molecule has 2 rings (SSSR count). The molecule has 0 aliphatic carbocycles. The SMILES string of the molecule is Nc1ccc(C(=O)O)cc1OCc1ccccc1F. The minimum Gasteiger partial charge on any atom is -0.487 e. The van der Waals surface area contributed by atoms with Crippen LogP contribution in [0.4, 0.5) is 10.1 Å². The van der Waals surface area contributed by atoms with Crippen molar-refractivity contribution in [3.63, 3.8) is 0 Å². The lowest BCUT2D eigenvalue weighted by Crippen LogP contribution is -2.03. The molecule has 0 saturated carbocycles. The Hall–Kier alpha value is -2.56. The second kappa shape index (κ2) is 5.39. The van der Waals surface area contributed by atoms with Gasteiger partial charge in [-0.2, -0.15) is 0 Å². The summed E-state index contributed by atoms with van der Waals surface area (Å²) in [5, 5.41) is 8.87. The molecule has 0 aromatic heterocycles. The maximum atomic E-state index is 13.4. The molecule has 4 nitrogen and oxygen atoms in total. The monoisotopic (exact) mass is 261 g/mol. The Morgan fingerprint density at radius 1 is 1.26 bits per heavy atom. The molecule has 0 spiro atoms. The van der Waals surface area contributed by atoms with Crippen LogP contribution in [0.2, 0.25) is 0 Å². The van der Waals surface area contributed by atoms with Gasteiger partial charge in [-0.1, -0.05) is 18.2 Å². The van der Waals surface area contributed by atoms with Gasteiger partial charge in [0.25, 0.3) is 0 Å². The van der Waals surface area contributed by atoms with Crippen molar-refractivity contribution in [2.45, 2.75) is 6.61 Å². The number of halogens is 1. The zero-order valence-electron chi connectivity index (χ0n) is 9.97. The Labute approximate surface area is 109 Å². The number of hydrogen-bond acceptors (Lipinski definition) is 3. The van der Waals surface area contributed by atoms with Gasteiger partial charge in [0, 0.05) is 5.56 Å². The molecule has 0 heterocycles. The maximum absolute atomic E-state index is 13.4. The van der Waals surface area contributed by atoms with E-state index in [2.05, 4.69) is 0 Å². The lowest BCUT2D eigenvalue weighted by atomic mass is 10.2. The van der Waals surface area contributed by atoms with Crippen LogP contribution in [0, 0.1) is 5.82 Å². The number of aromatic carboxylic acids is 1. The number of anilines is 1. The summed E-state index contributed by atoms with van der Waals surface area (Å²) in [5.41, 5.74) is 6.43. The van der Waals surface area contributed by atoms with Crippen molar-refractivity contribution in [2.75, 3.05) is 5.73 Å². The molecule has 0 radical (unpaired) electrons. The molecule has 0 unspecified atom stereocenters. The van der Waals surface area contributed by atoms with E-state index < -0.39 is 5.97 Å². The van der Waals surface area contributed by atoms with E-state index in [0.717, 1.165) is 0 Å². The van der Waals surface area contributed by atoms with Gasteiger partial charge in [-0.25, -0.2) is 9.18 Å². The highest BCUT2D eigenvalue weighted by Gasteiger charge is 2.09. The quantitative estimate of drug-likeness (QED) is 0.830. The smallest absolute Gasteiger partial charge is 0.335 e. The molecule has 0 amide bonds. The molecule has 98 valence electrons. The molecule has 19 heavy (non-hydrogen) atoms. The van der Waals surface area contributed by atoms with Gasteiger partial charge in [-0.15, -0.1) is 0 Å². The van der Waals surface area contributed by atoms with Gasteiger partial charge in [0.15, 0.2) is 0 Å². The molecule has 0 bridgehead atoms. The van der Waals surface area contributed by atoms with E-state index in [-0.39, 0.29) is 23.7 Å². The van der Waals surface area contributed by atoms with Crippen LogP contribution in [0.25, 0.3) is 0 Å². The summed E-state index contributed by atoms with van der Waals surface area (Å²) in [6.07, 6.45) is 0. The predicted octanol–water partition coefficient (Wildman–Crippen LogP) is 2.69. The van der Waals surface area contributed by atoms with Gasteiger partial charge in [-0.05, 0) is 24.3 Å². The number of nitrogen functional groups attached to an aromatic ring is 1. The van der Waals surface area contributed by atoms with Gasteiger partial charge >= 0.3 is 5.97 Å². The Balaban J connectivity index is 2.17. The van der Waals surface area contributed by atoms with Gasteiger partial charge in [0.2, 0.25) is 0 Å². The van der Waals surface area contributed by atoms with Crippen LogP contribution in [0.3, 0.4) is 0 Å². The summed E-state index contributed by atoms with van der Waals surface area (Å²) in [4.78, 5) is 10.8. The zero-order valence-corrected chi connectivity index (χ0v) is 9.97. The first-order chi connectivity index (χ1) is 9.08. The molecule has 3 N–H and O–H groups in total.